The lowest BCUT2D eigenvalue weighted by Gasteiger charge is -2.25. The van der Waals surface area contributed by atoms with Crippen LogP contribution < -0.4 is 5.32 Å². The summed E-state index contributed by atoms with van der Waals surface area (Å²) in [6.45, 7) is 5.50. The summed E-state index contributed by atoms with van der Waals surface area (Å²) < 4.78 is 0. The maximum Gasteiger partial charge on any atom is 0.326 e. The number of aryl methyl sites for hydroxylation is 1. The molecule has 19 heavy (non-hydrogen) atoms. The van der Waals surface area contributed by atoms with Crippen LogP contribution in [-0.4, -0.2) is 40.1 Å². The Labute approximate surface area is 116 Å². The van der Waals surface area contributed by atoms with Gasteiger partial charge in [0.15, 0.2) is 0 Å². The number of urea groups is 1. The van der Waals surface area contributed by atoms with Crippen LogP contribution in [0, 0.1) is 6.92 Å². The minimum atomic E-state index is -1.00. The van der Waals surface area contributed by atoms with E-state index in [0.717, 1.165) is 9.88 Å². The number of aromatic nitrogens is 1. The van der Waals surface area contributed by atoms with Crippen LogP contribution in [0.15, 0.2) is 6.20 Å². The van der Waals surface area contributed by atoms with E-state index in [4.69, 9.17) is 5.11 Å². The molecular weight excluding hydrogens is 266 g/mol. The first-order valence-corrected chi connectivity index (χ1v) is 6.86. The highest BCUT2D eigenvalue weighted by molar-refractivity contribution is 7.11. The molecule has 0 saturated heterocycles. The van der Waals surface area contributed by atoms with E-state index < -0.39 is 18.0 Å². The molecule has 1 rings (SSSR count). The molecule has 0 saturated carbocycles. The van der Waals surface area contributed by atoms with E-state index in [1.165, 1.54) is 23.3 Å². The highest BCUT2D eigenvalue weighted by Crippen LogP contribution is 2.19. The van der Waals surface area contributed by atoms with Crippen molar-refractivity contribution in [2.45, 2.75) is 39.3 Å². The van der Waals surface area contributed by atoms with Gasteiger partial charge in [0.25, 0.3) is 0 Å². The second-order valence-electron chi connectivity index (χ2n) is 4.35. The van der Waals surface area contributed by atoms with Crippen LogP contribution in [-0.2, 0) is 4.79 Å². The van der Waals surface area contributed by atoms with Crippen molar-refractivity contribution < 1.29 is 14.7 Å². The SMILES string of the molecule is CCC(C(=O)O)N(C)C(=O)NC(C)c1ncc(C)s1. The molecule has 0 aliphatic rings. The van der Waals surface area contributed by atoms with Gasteiger partial charge >= 0.3 is 12.0 Å². The molecule has 0 fully saturated rings. The molecule has 0 radical (unpaired) electrons. The van der Waals surface area contributed by atoms with Crippen molar-refractivity contribution in [3.05, 3.63) is 16.1 Å². The average Bonchev–Trinajstić information content (AvgIpc) is 2.76. The van der Waals surface area contributed by atoms with E-state index in [0.29, 0.717) is 6.42 Å². The molecule has 0 spiro atoms. The van der Waals surface area contributed by atoms with Gasteiger partial charge in [-0.2, -0.15) is 0 Å². The number of nitrogens with zero attached hydrogens (tertiary/aromatic N) is 2. The normalized spacial score (nSPS) is 13.7. The summed E-state index contributed by atoms with van der Waals surface area (Å²) in [4.78, 5) is 29.4. The van der Waals surface area contributed by atoms with E-state index in [-0.39, 0.29) is 6.04 Å². The molecule has 2 unspecified atom stereocenters. The number of rotatable bonds is 5. The summed E-state index contributed by atoms with van der Waals surface area (Å²) >= 11 is 1.51. The smallest absolute Gasteiger partial charge is 0.326 e. The van der Waals surface area contributed by atoms with Crippen molar-refractivity contribution >= 4 is 23.3 Å². The van der Waals surface area contributed by atoms with Gasteiger partial charge in [-0.3, -0.25) is 0 Å². The number of carboxylic acid groups (broad SMARTS) is 1. The number of carbonyl (C=O) groups excluding carboxylic acids is 1. The summed E-state index contributed by atoms with van der Waals surface area (Å²) in [6.07, 6.45) is 2.11. The zero-order valence-corrected chi connectivity index (χ0v) is 12.3. The zero-order valence-electron chi connectivity index (χ0n) is 11.5. The first kappa shape index (κ1) is 15.4. The molecule has 2 amide bonds. The molecule has 0 aromatic carbocycles. The van der Waals surface area contributed by atoms with E-state index in [2.05, 4.69) is 10.3 Å². The third-order valence-electron chi connectivity index (χ3n) is 2.81. The van der Waals surface area contributed by atoms with Crippen LogP contribution in [0.2, 0.25) is 0 Å². The number of carboxylic acids is 1. The van der Waals surface area contributed by atoms with Gasteiger partial charge in [0, 0.05) is 18.1 Å². The largest absolute Gasteiger partial charge is 0.480 e. The highest BCUT2D eigenvalue weighted by atomic mass is 32.1. The molecule has 106 valence electrons. The predicted molar refractivity (Wildman–Crippen MR) is 73.3 cm³/mol. The number of amides is 2. The zero-order chi connectivity index (χ0) is 14.6. The Balaban J connectivity index is 2.66. The maximum atomic E-state index is 12.0. The van der Waals surface area contributed by atoms with Gasteiger partial charge in [0.1, 0.15) is 11.0 Å². The van der Waals surface area contributed by atoms with Crippen molar-refractivity contribution in [2.24, 2.45) is 0 Å². The number of likely N-dealkylation sites (N-methyl/N-ethyl adjacent to an activating group) is 1. The Morgan fingerprint density at radius 3 is 2.63 bits per heavy atom. The van der Waals surface area contributed by atoms with Crippen molar-refractivity contribution in [2.75, 3.05) is 7.05 Å². The van der Waals surface area contributed by atoms with Crippen LogP contribution >= 0.6 is 11.3 Å². The number of carbonyl (C=O) groups is 2. The second kappa shape index (κ2) is 6.51. The fraction of sp³-hybridized carbons (Fsp3) is 0.583. The Bertz CT molecular complexity index is 461. The maximum absolute atomic E-state index is 12.0. The monoisotopic (exact) mass is 285 g/mol. The Hall–Kier alpha value is -1.63. The van der Waals surface area contributed by atoms with Crippen LogP contribution in [0.5, 0.6) is 0 Å². The van der Waals surface area contributed by atoms with Gasteiger partial charge in [-0.25, -0.2) is 14.6 Å². The van der Waals surface area contributed by atoms with Gasteiger partial charge < -0.3 is 15.3 Å². The molecule has 0 bridgehead atoms. The highest BCUT2D eigenvalue weighted by Gasteiger charge is 2.26. The lowest BCUT2D eigenvalue weighted by molar-refractivity contribution is -0.141. The fourth-order valence-electron chi connectivity index (χ4n) is 1.68. The van der Waals surface area contributed by atoms with Crippen LogP contribution in [0.1, 0.15) is 36.2 Å². The average molecular weight is 285 g/mol. The van der Waals surface area contributed by atoms with E-state index in [1.807, 2.05) is 13.8 Å². The molecular formula is C12H19N3O3S. The van der Waals surface area contributed by atoms with Crippen LogP contribution in [0.25, 0.3) is 0 Å². The summed E-state index contributed by atoms with van der Waals surface area (Å²) in [7, 11) is 1.48. The summed E-state index contributed by atoms with van der Waals surface area (Å²) in [5.41, 5.74) is 0. The van der Waals surface area contributed by atoms with E-state index in [1.54, 1.807) is 13.1 Å². The third-order valence-corrected chi connectivity index (χ3v) is 3.90. The van der Waals surface area contributed by atoms with Crippen molar-refractivity contribution in [3.8, 4) is 0 Å². The van der Waals surface area contributed by atoms with E-state index >= 15 is 0 Å². The topological polar surface area (TPSA) is 82.5 Å². The Kier molecular flexibility index (Phi) is 5.29. The molecule has 1 aromatic heterocycles. The number of aliphatic carboxylic acids is 1. The molecule has 1 heterocycles. The molecule has 0 aliphatic carbocycles. The fourth-order valence-corrected chi connectivity index (χ4v) is 2.45. The van der Waals surface area contributed by atoms with E-state index in [9.17, 15) is 9.59 Å². The number of nitrogens with one attached hydrogen (secondary N) is 1. The summed E-state index contributed by atoms with van der Waals surface area (Å²) in [6, 6.07) is -1.46. The standard InChI is InChI=1S/C12H19N3O3S/c1-5-9(11(16)17)15(4)12(18)14-8(3)10-13-6-7(2)19-10/h6,8-9H,5H2,1-4H3,(H,14,18)(H,16,17). The van der Waals surface area contributed by atoms with Gasteiger partial charge in [-0.15, -0.1) is 11.3 Å². The van der Waals surface area contributed by atoms with Crippen LogP contribution in [0.3, 0.4) is 0 Å². The second-order valence-corrected chi connectivity index (χ2v) is 5.62. The molecule has 0 aliphatic heterocycles. The number of hydrogen-bond acceptors (Lipinski definition) is 4. The minimum absolute atomic E-state index is 0.236. The van der Waals surface area contributed by atoms with Gasteiger partial charge in [-0.05, 0) is 20.3 Å². The van der Waals surface area contributed by atoms with Gasteiger partial charge in [0.05, 0.1) is 6.04 Å². The molecule has 1 aromatic rings. The van der Waals surface area contributed by atoms with Crippen molar-refractivity contribution in [1.82, 2.24) is 15.2 Å². The van der Waals surface area contributed by atoms with Gasteiger partial charge in [0.2, 0.25) is 0 Å². The van der Waals surface area contributed by atoms with Crippen LogP contribution in [0.4, 0.5) is 4.79 Å². The summed E-state index contributed by atoms with van der Waals surface area (Å²) in [5.74, 6) is -1.00. The van der Waals surface area contributed by atoms with Crippen molar-refractivity contribution in [1.29, 1.82) is 0 Å². The predicted octanol–water partition coefficient (Wildman–Crippen LogP) is 2.02. The minimum Gasteiger partial charge on any atom is -0.480 e. The lowest BCUT2D eigenvalue weighted by Crippen LogP contribution is -2.47. The number of thiazole rings is 1. The Morgan fingerprint density at radius 1 is 1.58 bits per heavy atom. The number of hydrogen-bond donors (Lipinski definition) is 2. The Morgan fingerprint density at radius 2 is 2.21 bits per heavy atom. The molecule has 6 nitrogen and oxygen atoms in total. The molecule has 2 N–H and O–H groups in total. The lowest BCUT2D eigenvalue weighted by atomic mass is 10.2. The molecule has 2 atom stereocenters. The quantitative estimate of drug-likeness (QED) is 0.867. The third kappa shape index (κ3) is 3.92. The van der Waals surface area contributed by atoms with Crippen molar-refractivity contribution in [3.63, 3.8) is 0 Å². The first-order valence-electron chi connectivity index (χ1n) is 6.05. The molecule has 7 heteroatoms. The van der Waals surface area contributed by atoms with Gasteiger partial charge in [-0.1, -0.05) is 6.92 Å². The summed E-state index contributed by atoms with van der Waals surface area (Å²) in [5, 5.41) is 12.6. The first-order chi connectivity index (χ1) is 8.86.